The van der Waals surface area contributed by atoms with Crippen molar-refractivity contribution in [3.05, 3.63) is 29.8 Å². The van der Waals surface area contributed by atoms with E-state index in [-0.39, 0.29) is 5.75 Å². The fourth-order valence-electron chi connectivity index (χ4n) is 1.36. The molecule has 0 bridgehead atoms. The highest BCUT2D eigenvalue weighted by Gasteiger charge is 2.31. The Bertz CT molecular complexity index is 327. The van der Waals surface area contributed by atoms with E-state index in [0.717, 1.165) is 5.56 Å². The monoisotopic (exact) mass is 232 g/mol. The number of halogens is 3. The lowest BCUT2D eigenvalue weighted by Crippen LogP contribution is -2.17. The molecule has 1 aromatic carbocycles. The molecule has 0 fully saturated rings. The van der Waals surface area contributed by atoms with Gasteiger partial charge >= 0.3 is 6.36 Å². The van der Waals surface area contributed by atoms with E-state index in [2.05, 4.69) is 18.6 Å². The van der Waals surface area contributed by atoms with Gasteiger partial charge in [0.05, 0.1) is 0 Å². The maximum absolute atomic E-state index is 11.9. The Morgan fingerprint density at radius 2 is 1.50 bits per heavy atom. The van der Waals surface area contributed by atoms with E-state index < -0.39 is 6.36 Å². The highest BCUT2D eigenvalue weighted by atomic mass is 19.4. The van der Waals surface area contributed by atoms with Crippen molar-refractivity contribution < 1.29 is 17.9 Å². The van der Waals surface area contributed by atoms with Gasteiger partial charge in [0.25, 0.3) is 0 Å². The average Bonchev–Trinajstić information content (AvgIpc) is 2.15. The van der Waals surface area contributed by atoms with Crippen LogP contribution in [-0.2, 0) is 0 Å². The van der Waals surface area contributed by atoms with Crippen LogP contribution < -0.4 is 4.74 Å². The third-order valence-corrected chi connectivity index (χ3v) is 2.64. The van der Waals surface area contributed by atoms with Gasteiger partial charge in [-0.2, -0.15) is 0 Å². The molecule has 0 N–H and O–H groups in total. The van der Waals surface area contributed by atoms with Crippen molar-refractivity contribution >= 4 is 0 Å². The molecule has 0 heterocycles. The van der Waals surface area contributed by atoms with Crippen molar-refractivity contribution in [2.75, 3.05) is 0 Å². The molecule has 0 amide bonds. The van der Waals surface area contributed by atoms with Crippen LogP contribution in [0.4, 0.5) is 13.2 Å². The molecule has 90 valence electrons. The number of rotatable bonds is 3. The quantitative estimate of drug-likeness (QED) is 0.753. The van der Waals surface area contributed by atoms with Gasteiger partial charge in [-0.25, -0.2) is 0 Å². The number of ether oxygens (including phenoxy) is 1. The van der Waals surface area contributed by atoms with Crippen molar-refractivity contribution in [3.8, 4) is 5.75 Å². The summed E-state index contributed by atoms with van der Waals surface area (Å²) in [5.41, 5.74) is 1.02. The normalized spacial score (nSPS) is 13.9. The summed E-state index contributed by atoms with van der Waals surface area (Å²) in [6.07, 6.45) is -4.62. The van der Waals surface area contributed by atoms with Crippen LogP contribution in [0, 0.1) is 5.92 Å². The molecule has 0 saturated heterocycles. The van der Waals surface area contributed by atoms with Crippen molar-refractivity contribution in [2.45, 2.75) is 33.1 Å². The number of hydrogen-bond donors (Lipinski definition) is 0. The van der Waals surface area contributed by atoms with Gasteiger partial charge in [-0.15, -0.1) is 13.2 Å². The van der Waals surface area contributed by atoms with Crippen LogP contribution in [0.1, 0.15) is 32.3 Å². The van der Waals surface area contributed by atoms with E-state index >= 15 is 0 Å². The van der Waals surface area contributed by atoms with Crippen LogP contribution in [0.15, 0.2) is 24.3 Å². The Balaban J connectivity index is 2.76. The average molecular weight is 232 g/mol. The minimum absolute atomic E-state index is 0.174. The topological polar surface area (TPSA) is 9.23 Å². The minimum atomic E-state index is -4.62. The second kappa shape index (κ2) is 4.76. The van der Waals surface area contributed by atoms with Crippen molar-refractivity contribution in [1.82, 2.24) is 0 Å². The first-order chi connectivity index (χ1) is 7.29. The van der Waals surface area contributed by atoms with Crippen LogP contribution in [0.2, 0.25) is 0 Å². The number of alkyl halides is 3. The third kappa shape index (κ3) is 3.76. The molecule has 0 aliphatic carbocycles. The summed E-state index contributed by atoms with van der Waals surface area (Å²) in [5.74, 6) is 0.599. The lowest BCUT2D eigenvalue weighted by atomic mass is 9.90. The summed E-state index contributed by atoms with van der Waals surface area (Å²) in [6, 6.07) is 6.04. The van der Waals surface area contributed by atoms with Crippen LogP contribution in [0.3, 0.4) is 0 Å². The van der Waals surface area contributed by atoms with Crippen LogP contribution >= 0.6 is 0 Å². The van der Waals surface area contributed by atoms with Gasteiger partial charge in [-0.1, -0.05) is 32.9 Å². The smallest absolute Gasteiger partial charge is 0.406 e. The highest BCUT2D eigenvalue weighted by Crippen LogP contribution is 2.27. The first-order valence-electron chi connectivity index (χ1n) is 5.15. The van der Waals surface area contributed by atoms with Crippen molar-refractivity contribution in [3.63, 3.8) is 0 Å². The van der Waals surface area contributed by atoms with E-state index in [1.165, 1.54) is 12.1 Å². The van der Waals surface area contributed by atoms with Gasteiger partial charge in [-0.3, -0.25) is 0 Å². The maximum atomic E-state index is 11.9. The molecule has 0 unspecified atom stereocenters. The predicted octanol–water partition coefficient (Wildman–Crippen LogP) is 4.34. The summed E-state index contributed by atoms with van der Waals surface area (Å²) in [7, 11) is 0. The highest BCUT2D eigenvalue weighted by molar-refractivity contribution is 5.29. The zero-order valence-corrected chi connectivity index (χ0v) is 9.51. The molecule has 16 heavy (non-hydrogen) atoms. The Morgan fingerprint density at radius 1 is 1.00 bits per heavy atom. The first-order valence-corrected chi connectivity index (χ1v) is 5.15. The minimum Gasteiger partial charge on any atom is -0.406 e. The molecule has 1 rings (SSSR count). The number of benzene rings is 1. The molecule has 0 aliphatic heterocycles. The SMILES string of the molecule is CC(C)[C@@H](C)c1ccc(OC(F)(F)F)cc1. The zero-order valence-electron chi connectivity index (χ0n) is 9.51. The van der Waals surface area contributed by atoms with Gasteiger partial charge in [0, 0.05) is 0 Å². The number of hydrogen-bond acceptors (Lipinski definition) is 1. The van der Waals surface area contributed by atoms with Gasteiger partial charge < -0.3 is 4.74 Å². The van der Waals surface area contributed by atoms with E-state index in [4.69, 9.17) is 0 Å². The summed E-state index contributed by atoms with van der Waals surface area (Å²) in [6.45, 7) is 6.19. The summed E-state index contributed by atoms with van der Waals surface area (Å²) >= 11 is 0. The summed E-state index contributed by atoms with van der Waals surface area (Å²) in [5, 5.41) is 0. The predicted molar refractivity (Wildman–Crippen MR) is 56.4 cm³/mol. The Kier molecular flexibility index (Phi) is 3.83. The molecule has 0 spiro atoms. The van der Waals surface area contributed by atoms with Crippen molar-refractivity contribution in [1.29, 1.82) is 0 Å². The van der Waals surface area contributed by atoms with Crippen LogP contribution in [0.25, 0.3) is 0 Å². The molecule has 1 aromatic rings. The molecule has 0 radical (unpaired) electrons. The van der Waals surface area contributed by atoms with Crippen LogP contribution in [-0.4, -0.2) is 6.36 Å². The fraction of sp³-hybridized carbons (Fsp3) is 0.500. The molecular formula is C12H15F3O. The third-order valence-electron chi connectivity index (χ3n) is 2.64. The molecule has 4 heteroatoms. The maximum Gasteiger partial charge on any atom is 0.573 e. The molecule has 0 aliphatic rings. The van der Waals surface area contributed by atoms with E-state index in [1.807, 2.05) is 6.92 Å². The van der Waals surface area contributed by atoms with Crippen LogP contribution in [0.5, 0.6) is 5.75 Å². The van der Waals surface area contributed by atoms with E-state index in [9.17, 15) is 13.2 Å². The molecule has 0 aromatic heterocycles. The standard InChI is InChI=1S/C12H15F3O/c1-8(2)9(3)10-4-6-11(7-5-10)16-12(13,14)15/h4-9H,1-3H3/t9-/m1/s1. The van der Waals surface area contributed by atoms with E-state index in [0.29, 0.717) is 11.8 Å². The van der Waals surface area contributed by atoms with Gasteiger partial charge in [-0.05, 0) is 29.5 Å². The fourth-order valence-corrected chi connectivity index (χ4v) is 1.36. The molecule has 1 nitrogen and oxygen atoms in total. The van der Waals surface area contributed by atoms with Crippen molar-refractivity contribution in [2.24, 2.45) is 5.92 Å². The lowest BCUT2D eigenvalue weighted by Gasteiger charge is -2.16. The second-order valence-electron chi connectivity index (χ2n) is 4.15. The van der Waals surface area contributed by atoms with Gasteiger partial charge in [0.2, 0.25) is 0 Å². The Morgan fingerprint density at radius 3 is 1.88 bits per heavy atom. The van der Waals surface area contributed by atoms with Gasteiger partial charge in [0.15, 0.2) is 0 Å². The molecule has 0 saturated carbocycles. The molecular weight excluding hydrogens is 217 g/mol. The lowest BCUT2D eigenvalue weighted by molar-refractivity contribution is -0.274. The largest absolute Gasteiger partial charge is 0.573 e. The Hall–Kier alpha value is -1.19. The Labute approximate surface area is 93.2 Å². The molecule has 1 atom stereocenters. The summed E-state index contributed by atoms with van der Waals surface area (Å²) in [4.78, 5) is 0. The zero-order chi connectivity index (χ0) is 12.3. The van der Waals surface area contributed by atoms with E-state index in [1.54, 1.807) is 12.1 Å². The van der Waals surface area contributed by atoms with Gasteiger partial charge in [0.1, 0.15) is 5.75 Å². The second-order valence-corrected chi connectivity index (χ2v) is 4.15. The summed E-state index contributed by atoms with van der Waals surface area (Å²) < 4.78 is 39.5. The first kappa shape index (κ1) is 12.9.